The molecule has 0 amide bonds. The maximum atomic E-state index is 13.2. The Morgan fingerprint density at radius 1 is 0.410 bits per heavy atom. The van der Waals surface area contributed by atoms with Gasteiger partial charge in [-0.15, -0.1) is 0 Å². The number of carbonyl (C=O) groups is 4. The monoisotopic (exact) mass is 1160 g/mol. The highest BCUT2D eigenvalue weighted by Gasteiger charge is 2.50. The fraction of sp³-hybridized carbons (Fsp3) is 0.634. The molecule has 1 saturated heterocycles. The van der Waals surface area contributed by atoms with Crippen LogP contribution in [0.3, 0.4) is 0 Å². The molecule has 3 N–H and O–H groups in total. The molecule has 0 saturated carbocycles. The normalized spacial score (nSPS) is 18.5. The van der Waals surface area contributed by atoms with E-state index in [1.807, 2.05) is 0 Å². The maximum Gasteiger partial charge on any atom is 0.335 e. The number of hydrogen-bond acceptors (Lipinski definition) is 11. The Hall–Kier alpha value is -5.14. The molecule has 0 bridgehead atoms. The third kappa shape index (κ3) is 46.9. The summed E-state index contributed by atoms with van der Waals surface area (Å²) in [4.78, 5) is 51.3. The van der Waals surface area contributed by atoms with Gasteiger partial charge in [0.25, 0.3) is 0 Å². The van der Waals surface area contributed by atoms with E-state index in [1.165, 1.54) is 25.7 Å². The molecule has 12 heteroatoms. The molecule has 1 heterocycles. The summed E-state index contributed by atoms with van der Waals surface area (Å²) in [5, 5.41) is 31.6. The first-order chi connectivity index (χ1) is 40.6. The van der Waals surface area contributed by atoms with Crippen LogP contribution in [-0.4, -0.2) is 89.2 Å². The standard InChI is InChI=1S/C71H112O12/c1-4-7-10-13-16-19-22-25-28-30-32-34-37-39-42-45-48-51-54-57-63(72)79-60-62(81-64(73)58-55-52-49-46-43-40-36-27-24-21-18-15-12-9-6-3)61-80-71-69(67(76)66(75)68(83-71)70(77)78)82-65(74)59-56-53-50-47-44-41-38-35-33-31-29-26-23-20-17-14-11-8-5-2/h8-9,11-12,16-21,25-29,32-36,43,46,62,66-69,71,75-76H,4-7,10,13-15,22-24,30-31,37-42,44-45,47-61H2,1-3H3,(H,77,78)/b11-8-,12-9-,19-16-,20-17-,21-18-,28-25-,29-26-,34-32-,35-33-,36-27-,46-43-. The lowest BCUT2D eigenvalue weighted by atomic mass is 9.98. The highest BCUT2D eigenvalue weighted by Crippen LogP contribution is 2.26. The van der Waals surface area contributed by atoms with E-state index in [0.717, 1.165) is 154 Å². The molecule has 1 aliphatic heterocycles. The van der Waals surface area contributed by atoms with E-state index in [2.05, 4.69) is 154 Å². The van der Waals surface area contributed by atoms with Crippen LogP contribution in [0.2, 0.25) is 0 Å². The summed E-state index contributed by atoms with van der Waals surface area (Å²) in [5.41, 5.74) is 0. The van der Waals surface area contributed by atoms with Gasteiger partial charge in [0.05, 0.1) is 6.61 Å². The van der Waals surface area contributed by atoms with E-state index in [4.69, 9.17) is 23.7 Å². The summed E-state index contributed by atoms with van der Waals surface area (Å²) >= 11 is 0. The zero-order valence-corrected chi connectivity index (χ0v) is 51.6. The minimum atomic E-state index is -1.93. The minimum absolute atomic E-state index is 0.0304. The Morgan fingerprint density at radius 2 is 0.759 bits per heavy atom. The number of esters is 3. The molecule has 0 aromatic heterocycles. The number of hydrogen-bond donors (Lipinski definition) is 3. The van der Waals surface area contributed by atoms with Crippen LogP contribution in [0.4, 0.5) is 0 Å². The summed E-state index contributed by atoms with van der Waals surface area (Å²) in [6.45, 7) is 5.69. The van der Waals surface area contributed by atoms with Gasteiger partial charge in [-0.05, 0) is 135 Å². The summed E-state index contributed by atoms with van der Waals surface area (Å²) < 4.78 is 28.5. The van der Waals surface area contributed by atoms with Crippen molar-refractivity contribution in [2.24, 2.45) is 0 Å². The number of aliphatic hydroxyl groups excluding tert-OH is 2. The molecule has 6 unspecified atom stereocenters. The van der Waals surface area contributed by atoms with Crippen molar-refractivity contribution < 1.29 is 58.2 Å². The van der Waals surface area contributed by atoms with Gasteiger partial charge in [0.1, 0.15) is 18.8 Å². The topological polar surface area (TPSA) is 175 Å². The van der Waals surface area contributed by atoms with Crippen LogP contribution in [0.15, 0.2) is 134 Å². The molecule has 1 rings (SSSR count). The molecule has 83 heavy (non-hydrogen) atoms. The molecular formula is C71H112O12. The number of aliphatic carboxylic acids is 1. The Bertz CT molecular complexity index is 1950. The van der Waals surface area contributed by atoms with E-state index in [0.29, 0.717) is 19.3 Å². The molecule has 1 aliphatic rings. The second-order valence-corrected chi connectivity index (χ2v) is 21.3. The number of unbranched alkanes of at least 4 members (excludes halogenated alkanes) is 17. The van der Waals surface area contributed by atoms with Crippen LogP contribution in [0.1, 0.15) is 239 Å². The molecular weight excluding hydrogens is 1040 g/mol. The van der Waals surface area contributed by atoms with Crippen LogP contribution in [0.25, 0.3) is 0 Å². The van der Waals surface area contributed by atoms with Crippen LogP contribution in [-0.2, 0) is 42.9 Å². The largest absolute Gasteiger partial charge is 0.479 e. The average Bonchev–Trinajstić information content (AvgIpc) is 3.60. The SMILES string of the molecule is CC/C=C\C/C=C\C/C=C\C/C=C\CCCCCCCCC(=O)OC1C(OCC(COC(=O)CCCCCCCC/C=C\C/C=C\C/C=C\CCCCC)OC(=O)CCCC/C=C\C/C=C\C/C=C\C/C=C\CC)OC(C(=O)O)C(O)C1O. The van der Waals surface area contributed by atoms with Gasteiger partial charge in [0, 0.05) is 19.3 Å². The minimum Gasteiger partial charge on any atom is -0.479 e. The zero-order chi connectivity index (χ0) is 60.3. The van der Waals surface area contributed by atoms with Gasteiger partial charge in [-0.3, -0.25) is 14.4 Å². The van der Waals surface area contributed by atoms with Crippen molar-refractivity contribution in [3.8, 4) is 0 Å². The number of aliphatic hydroxyl groups is 2. The van der Waals surface area contributed by atoms with Crippen molar-refractivity contribution in [1.82, 2.24) is 0 Å². The Labute approximate surface area is 502 Å². The molecule has 0 aromatic rings. The van der Waals surface area contributed by atoms with Gasteiger partial charge in [-0.25, -0.2) is 4.79 Å². The van der Waals surface area contributed by atoms with Gasteiger partial charge in [-0.2, -0.15) is 0 Å². The lowest BCUT2D eigenvalue weighted by Crippen LogP contribution is -2.61. The number of carbonyl (C=O) groups excluding carboxylic acids is 3. The van der Waals surface area contributed by atoms with Gasteiger partial charge in [-0.1, -0.05) is 219 Å². The highest BCUT2D eigenvalue weighted by atomic mass is 16.7. The number of rotatable bonds is 53. The summed E-state index contributed by atoms with van der Waals surface area (Å²) in [5.74, 6) is -3.23. The predicted octanol–water partition coefficient (Wildman–Crippen LogP) is 17.3. The smallest absolute Gasteiger partial charge is 0.335 e. The second kappa shape index (κ2) is 57.3. The third-order valence-corrected chi connectivity index (χ3v) is 13.7. The van der Waals surface area contributed by atoms with Gasteiger partial charge in [0.15, 0.2) is 24.6 Å². The first-order valence-electron chi connectivity index (χ1n) is 32.2. The lowest BCUT2D eigenvalue weighted by Gasteiger charge is -2.40. The number of carboxylic acids is 1. The van der Waals surface area contributed by atoms with Gasteiger partial charge >= 0.3 is 23.9 Å². The molecule has 0 radical (unpaired) electrons. The van der Waals surface area contributed by atoms with E-state index in [-0.39, 0.29) is 25.9 Å². The Balaban J connectivity index is 2.70. The van der Waals surface area contributed by atoms with E-state index in [1.54, 1.807) is 0 Å². The van der Waals surface area contributed by atoms with E-state index >= 15 is 0 Å². The number of allylic oxidation sites excluding steroid dienone is 22. The molecule has 468 valence electrons. The summed E-state index contributed by atoms with van der Waals surface area (Å²) in [7, 11) is 0. The van der Waals surface area contributed by atoms with E-state index in [9.17, 15) is 34.5 Å². The van der Waals surface area contributed by atoms with Crippen LogP contribution in [0.5, 0.6) is 0 Å². The van der Waals surface area contributed by atoms with Crippen molar-refractivity contribution in [3.63, 3.8) is 0 Å². The third-order valence-electron chi connectivity index (χ3n) is 13.7. The Kier molecular flexibility index (Phi) is 52.4. The Morgan fingerprint density at radius 3 is 1.18 bits per heavy atom. The molecule has 0 aromatic carbocycles. The first-order valence-corrected chi connectivity index (χ1v) is 32.2. The first kappa shape index (κ1) is 75.9. The van der Waals surface area contributed by atoms with Gasteiger partial charge < -0.3 is 39.0 Å². The highest BCUT2D eigenvalue weighted by molar-refractivity contribution is 5.74. The number of carboxylic acid groups (broad SMARTS) is 1. The summed E-state index contributed by atoms with van der Waals surface area (Å²) in [6, 6.07) is 0. The molecule has 12 nitrogen and oxygen atoms in total. The fourth-order valence-electron chi connectivity index (χ4n) is 8.83. The predicted molar refractivity (Wildman–Crippen MR) is 340 cm³/mol. The second-order valence-electron chi connectivity index (χ2n) is 21.3. The lowest BCUT2D eigenvalue weighted by molar-refractivity contribution is -0.301. The molecule has 6 atom stereocenters. The molecule has 1 fully saturated rings. The molecule has 0 spiro atoms. The van der Waals surface area contributed by atoms with Gasteiger partial charge in [0.2, 0.25) is 0 Å². The fourth-order valence-corrected chi connectivity index (χ4v) is 8.83. The van der Waals surface area contributed by atoms with Crippen LogP contribution in [0, 0.1) is 0 Å². The maximum absolute atomic E-state index is 13.2. The van der Waals surface area contributed by atoms with E-state index < -0.39 is 67.3 Å². The average molecular weight is 1160 g/mol. The van der Waals surface area contributed by atoms with Crippen LogP contribution >= 0.6 is 0 Å². The number of ether oxygens (including phenoxy) is 5. The van der Waals surface area contributed by atoms with Crippen molar-refractivity contribution in [3.05, 3.63) is 134 Å². The van der Waals surface area contributed by atoms with Crippen molar-refractivity contribution in [2.45, 2.75) is 276 Å². The molecule has 0 aliphatic carbocycles. The van der Waals surface area contributed by atoms with Crippen molar-refractivity contribution >= 4 is 23.9 Å². The zero-order valence-electron chi connectivity index (χ0n) is 51.6. The van der Waals surface area contributed by atoms with Crippen molar-refractivity contribution in [1.29, 1.82) is 0 Å². The van der Waals surface area contributed by atoms with Crippen molar-refractivity contribution in [2.75, 3.05) is 13.2 Å². The summed E-state index contributed by atoms with van der Waals surface area (Å²) in [6.07, 6.45) is 68.3. The van der Waals surface area contributed by atoms with Crippen LogP contribution < -0.4 is 0 Å². The quantitative estimate of drug-likeness (QED) is 0.0228.